The maximum atomic E-state index is 12.5. The quantitative estimate of drug-likeness (QED) is 0.167. The fourth-order valence-electron chi connectivity index (χ4n) is 3.56. The van der Waals surface area contributed by atoms with Gasteiger partial charge in [-0.05, 0) is 42.8 Å². The summed E-state index contributed by atoms with van der Waals surface area (Å²) in [6.07, 6.45) is 1.60. The zero-order valence-corrected chi connectivity index (χ0v) is 21.9. The SMILES string of the molecule is Cc1ccc(/C=N\NC(=O)CSc2nnc(Cn3nnc4ccccc43)n2-c2ccc(Cl)cc2Cl)cc1. The van der Waals surface area contributed by atoms with Crippen LogP contribution in [0, 0.1) is 6.92 Å². The number of hydrazone groups is 1. The number of benzene rings is 3. The Morgan fingerprint density at radius 1 is 1.05 bits per heavy atom. The molecule has 0 bridgehead atoms. The number of aromatic nitrogens is 6. The van der Waals surface area contributed by atoms with Crippen LogP contribution in [-0.2, 0) is 11.3 Å². The number of halogens is 2. The van der Waals surface area contributed by atoms with E-state index in [1.807, 2.05) is 55.5 Å². The van der Waals surface area contributed by atoms with E-state index in [9.17, 15) is 4.79 Å². The molecule has 0 atom stereocenters. The highest BCUT2D eigenvalue weighted by Crippen LogP contribution is 2.30. The minimum Gasteiger partial charge on any atom is -0.272 e. The van der Waals surface area contributed by atoms with Crippen LogP contribution in [0.5, 0.6) is 0 Å². The van der Waals surface area contributed by atoms with Gasteiger partial charge in [-0.2, -0.15) is 5.10 Å². The zero-order valence-electron chi connectivity index (χ0n) is 19.5. The highest BCUT2D eigenvalue weighted by Gasteiger charge is 2.19. The van der Waals surface area contributed by atoms with E-state index in [0.29, 0.717) is 33.3 Å². The van der Waals surface area contributed by atoms with E-state index in [1.54, 1.807) is 33.7 Å². The molecule has 2 aromatic heterocycles. The smallest absolute Gasteiger partial charge is 0.250 e. The second-order valence-corrected chi connectivity index (χ2v) is 9.84. The second-order valence-electron chi connectivity index (χ2n) is 8.06. The molecule has 0 radical (unpaired) electrons. The number of nitrogens with zero attached hydrogens (tertiary/aromatic N) is 7. The lowest BCUT2D eigenvalue weighted by Gasteiger charge is -2.12. The first-order chi connectivity index (χ1) is 18.0. The number of thioether (sulfide) groups is 1. The molecule has 0 aliphatic carbocycles. The van der Waals surface area contributed by atoms with Gasteiger partial charge < -0.3 is 0 Å². The Morgan fingerprint density at radius 2 is 1.86 bits per heavy atom. The number of hydrogen-bond acceptors (Lipinski definition) is 7. The number of nitrogens with one attached hydrogen (secondary N) is 1. The van der Waals surface area contributed by atoms with Crippen molar-refractivity contribution in [1.82, 2.24) is 35.2 Å². The molecule has 0 fully saturated rings. The average Bonchev–Trinajstić information content (AvgIpc) is 3.48. The number of fused-ring (bicyclic) bond motifs is 1. The Kier molecular flexibility index (Phi) is 7.50. The van der Waals surface area contributed by atoms with Gasteiger partial charge in [-0.3, -0.25) is 9.36 Å². The van der Waals surface area contributed by atoms with E-state index < -0.39 is 0 Å². The number of amides is 1. The third-order valence-corrected chi connectivity index (χ3v) is 6.84. The Balaban J connectivity index is 1.36. The summed E-state index contributed by atoms with van der Waals surface area (Å²) in [5.41, 5.74) is 6.85. The molecule has 0 spiro atoms. The Morgan fingerprint density at radius 3 is 2.68 bits per heavy atom. The molecular weight excluding hydrogens is 531 g/mol. The van der Waals surface area contributed by atoms with Crippen molar-refractivity contribution in [2.45, 2.75) is 18.6 Å². The molecule has 2 heterocycles. The Hall–Kier alpha value is -3.73. The summed E-state index contributed by atoms with van der Waals surface area (Å²) in [4.78, 5) is 12.5. The summed E-state index contributed by atoms with van der Waals surface area (Å²) >= 11 is 13.9. The molecule has 5 rings (SSSR count). The summed E-state index contributed by atoms with van der Waals surface area (Å²) in [6.45, 7) is 2.30. The highest BCUT2D eigenvalue weighted by atomic mass is 35.5. The van der Waals surface area contributed by atoms with Crippen molar-refractivity contribution in [3.05, 3.63) is 93.7 Å². The summed E-state index contributed by atoms with van der Waals surface area (Å²) in [6, 6.07) is 20.6. The predicted molar refractivity (Wildman–Crippen MR) is 146 cm³/mol. The molecule has 186 valence electrons. The van der Waals surface area contributed by atoms with Gasteiger partial charge in [0, 0.05) is 5.02 Å². The number of aryl methyl sites for hydroxylation is 1. The number of carbonyl (C=O) groups excluding carboxylic acids is 1. The van der Waals surface area contributed by atoms with Gasteiger partial charge in [0.1, 0.15) is 12.1 Å². The topological polar surface area (TPSA) is 103 Å². The zero-order chi connectivity index (χ0) is 25.8. The van der Waals surface area contributed by atoms with Crippen LogP contribution in [0.4, 0.5) is 0 Å². The van der Waals surface area contributed by atoms with Crippen molar-refractivity contribution in [1.29, 1.82) is 0 Å². The fraction of sp³-hybridized carbons (Fsp3) is 0.120. The van der Waals surface area contributed by atoms with E-state index in [0.717, 1.165) is 22.2 Å². The summed E-state index contributed by atoms with van der Waals surface area (Å²) < 4.78 is 3.53. The molecule has 0 unspecified atom stereocenters. The monoisotopic (exact) mass is 550 g/mol. The molecule has 12 heteroatoms. The maximum absolute atomic E-state index is 12.5. The molecule has 5 aromatic rings. The van der Waals surface area contributed by atoms with Crippen molar-refractivity contribution in [3.8, 4) is 5.69 Å². The lowest BCUT2D eigenvalue weighted by Crippen LogP contribution is -2.20. The number of hydrogen-bond donors (Lipinski definition) is 1. The van der Waals surface area contributed by atoms with Crippen molar-refractivity contribution < 1.29 is 4.79 Å². The van der Waals surface area contributed by atoms with E-state index in [4.69, 9.17) is 23.2 Å². The molecule has 1 N–H and O–H groups in total. The van der Waals surface area contributed by atoms with Gasteiger partial charge in [-0.1, -0.05) is 82.1 Å². The van der Waals surface area contributed by atoms with Gasteiger partial charge in [0.25, 0.3) is 5.91 Å². The number of rotatable bonds is 8. The van der Waals surface area contributed by atoms with Crippen molar-refractivity contribution in [3.63, 3.8) is 0 Å². The van der Waals surface area contributed by atoms with E-state index >= 15 is 0 Å². The van der Waals surface area contributed by atoms with Crippen molar-refractivity contribution in [2.24, 2.45) is 5.10 Å². The van der Waals surface area contributed by atoms with E-state index in [-0.39, 0.29) is 11.7 Å². The lowest BCUT2D eigenvalue weighted by molar-refractivity contribution is -0.118. The minimum absolute atomic E-state index is 0.0703. The number of carbonyl (C=O) groups is 1. The molecule has 3 aromatic carbocycles. The van der Waals surface area contributed by atoms with Crippen LogP contribution >= 0.6 is 35.0 Å². The second kappa shape index (κ2) is 11.1. The van der Waals surface area contributed by atoms with Crippen LogP contribution in [0.1, 0.15) is 17.0 Å². The first-order valence-electron chi connectivity index (χ1n) is 11.2. The van der Waals surface area contributed by atoms with Crippen LogP contribution in [0.15, 0.2) is 77.0 Å². The van der Waals surface area contributed by atoms with Gasteiger partial charge in [0.15, 0.2) is 11.0 Å². The maximum Gasteiger partial charge on any atom is 0.250 e. The number of para-hydroxylation sites is 1. The minimum atomic E-state index is -0.283. The molecule has 0 aliphatic rings. The molecule has 37 heavy (non-hydrogen) atoms. The van der Waals surface area contributed by atoms with Gasteiger partial charge >= 0.3 is 0 Å². The summed E-state index contributed by atoms with van der Waals surface area (Å²) in [7, 11) is 0. The molecule has 9 nitrogen and oxygen atoms in total. The van der Waals surface area contributed by atoms with Crippen molar-refractivity contribution >= 4 is 58.1 Å². The van der Waals surface area contributed by atoms with Gasteiger partial charge in [-0.15, -0.1) is 15.3 Å². The van der Waals surface area contributed by atoms with Gasteiger partial charge in [0.05, 0.1) is 28.2 Å². The van der Waals surface area contributed by atoms with Crippen LogP contribution < -0.4 is 5.43 Å². The predicted octanol–water partition coefficient (Wildman–Crippen LogP) is 4.92. The van der Waals surface area contributed by atoms with Crippen molar-refractivity contribution in [2.75, 3.05) is 5.75 Å². The normalized spacial score (nSPS) is 11.4. The Bertz CT molecular complexity index is 1600. The Labute approximate surface area is 226 Å². The van der Waals surface area contributed by atoms with Gasteiger partial charge in [-0.25, -0.2) is 10.1 Å². The van der Waals surface area contributed by atoms with Gasteiger partial charge in [0.2, 0.25) is 0 Å². The molecule has 0 aliphatic heterocycles. The first-order valence-corrected chi connectivity index (χ1v) is 12.9. The van der Waals surface area contributed by atoms with E-state index in [2.05, 4.69) is 31.0 Å². The van der Waals surface area contributed by atoms with Crippen LogP contribution in [-0.4, -0.2) is 47.6 Å². The largest absolute Gasteiger partial charge is 0.272 e. The van der Waals surface area contributed by atoms with Crippen LogP contribution in [0.2, 0.25) is 10.0 Å². The highest BCUT2D eigenvalue weighted by molar-refractivity contribution is 7.99. The standard InChI is InChI=1S/C25H20Cl2N8OS/c1-16-6-8-17(9-7-16)13-28-31-24(36)15-37-25-32-30-23(35(25)21-11-10-18(26)12-19(21)27)14-34-22-5-3-2-4-20(22)29-33-34/h2-13H,14-15H2,1H3,(H,31,36)/b28-13-. The average molecular weight is 551 g/mol. The summed E-state index contributed by atoms with van der Waals surface area (Å²) in [5, 5.41) is 22.6. The fourth-order valence-corrected chi connectivity index (χ4v) is 4.81. The third kappa shape index (κ3) is 5.82. The lowest BCUT2D eigenvalue weighted by atomic mass is 10.2. The molecule has 0 saturated heterocycles. The van der Waals surface area contributed by atoms with Crippen LogP contribution in [0.3, 0.4) is 0 Å². The third-order valence-electron chi connectivity index (χ3n) is 5.38. The first kappa shape index (κ1) is 24.9. The van der Waals surface area contributed by atoms with E-state index in [1.165, 1.54) is 11.8 Å². The molecule has 1 amide bonds. The summed E-state index contributed by atoms with van der Waals surface area (Å²) in [5.74, 6) is 0.356. The van der Waals surface area contributed by atoms with Crippen LogP contribution in [0.25, 0.3) is 16.7 Å². The molecule has 0 saturated carbocycles. The molecular formula is C25H20Cl2N8OS.